The maximum Gasteiger partial charge on any atom is 0.265 e. The topological polar surface area (TPSA) is 94.3 Å². The van der Waals surface area contributed by atoms with Crippen molar-refractivity contribution in [1.82, 2.24) is 4.98 Å². The molecular weight excluding hydrogens is 266 g/mol. The number of methoxy groups -OCH3 is 1. The number of benzene rings is 1. The molecule has 0 aliphatic carbocycles. The molecule has 0 bridgehead atoms. The van der Waals surface area contributed by atoms with Crippen LogP contribution in [-0.2, 0) is 10.0 Å². The van der Waals surface area contributed by atoms with Gasteiger partial charge in [-0.25, -0.2) is 13.4 Å². The van der Waals surface area contributed by atoms with Gasteiger partial charge in [-0.3, -0.25) is 4.72 Å². The van der Waals surface area contributed by atoms with Crippen molar-refractivity contribution in [3.05, 3.63) is 42.6 Å². The van der Waals surface area contributed by atoms with Crippen molar-refractivity contribution in [2.75, 3.05) is 17.6 Å². The third-order valence-electron chi connectivity index (χ3n) is 2.41. The molecule has 6 nitrogen and oxygen atoms in total. The number of nitrogens with one attached hydrogen (secondary N) is 1. The van der Waals surface area contributed by atoms with Crippen LogP contribution in [0.2, 0.25) is 0 Å². The molecule has 0 aliphatic rings. The summed E-state index contributed by atoms with van der Waals surface area (Å²) in [6, 6.07) is 9.50. The molecule has 0 atom stereocenters. The minimum absolute atomic E-state index is 0.0436. The molecule has 0 amide bonds. The van der Waals surface area contributed by atoms with Crippen molar-refractivity contribution in [2.24, 2.45) is 0 Å². The Balaban J connectivity index is 2.34. The largest absolute Gasteiger partial charge is 0.497 e. The molecule has 1 heterocycles. The number of hydrogen-bond donors (Lipinski definition) is 2. The number of pyridine rings is 1. The third-order valence-corrected chi connectivity index (χ3v) is 3.84. The van der Waals surface area contributed by atoms with Gasteiger partial charge in [0, 0.05) is 12.3 Å². The Hall–Kier alpha value is -2.28. The zero-order chi connectivity index (χ0) is 13.9. The Bertz CT molecular complexity index is 686. The molecule has 0 saturated heterocycles. The molecule has 7 heteroatoms. The van der Waals surface area contributed by atoms with Gasteiger partial charge in [-0.1, -0.05) is 6.07 Å². The first-order chi connectivity index (χ1) is 9.03. The highest BCUT2D eigenvalue weighted by Crippen LogP contribution is 2.22. The van der Waals surface area contributed by atoms with E-state index < -0.39 is 10.0 Å². The fourth-order valence-electron chi connectivity index (χ4n) is 1.53. The lowest BCUT2D eigenvalue weighted by Gasteiger charge is -2.10. The Morgan fingerprint density at radius 3 is 2.74 bits per heavy atom. The summed E-state index contributed by atoms with van der Waals surface area (Å²) in [5.74, 6) is 0.511. The zero-order valence-electron chi connectivity index (χ0n) is 10.2. The smallest absolute Gasteiger partial charge is 0.265 e. The van der Waals surface area contributed by atoms with Crippen LogP contribution in [-0.4, -0.2) is 20.5 Å². The first-order valence-electron chi connectivity index (χ1n) is 5.40. The Kier molecular flexibility index (Phi) is 3.57. The van der Waals surface area contributed by atoms with Gasteiger partial charge >= 0.3 is 0 Å². The summed E-state index contributed by atoms with van der Waals surface area (Å²) < 4.78 is 31.7. The van der Waals surface area contributed by atoms with Crippen LogP contribution in [0.4, 0.5) is 11.5 Å². The van der Waals surface area contributed by atoms with Gasteiger partial charge in [0.15, 0.2) is 0 Å². The van der Waals surface area contributed by atoms with Crippen LogP contribution >= 0.6 is 0 Å². The van der Waals surface area contributed by atoms with Crippen molar-refractivity contribution in [1.29, 1.82) is 0 Å². The number of nitrogens with zero attached hydrogens (tertiary/aromatic N) is 1. The number of hydrogen-bond acceptors (Lipinski definition) is 5. The van der Waals surface area contributed by atoms with Crippen LogP contribution in [0.5, 0.6) is 5.75 Å². The van der Waals surface area contributed by atoms with E-state index in [-0.39, 0.29) is 10.7 Å². The highest BCUT2D eigenvalue weighted by molar-refractivity contribution is 7.92. The van der Waals surface area contributed by atoms with Crippen LogP contribution in [0.25, 0.3) is 0 Å². The third kappa shape index (κ3) is 2.94. The molecule has 1 aromatic heterocycles. The first-order valence-corrected chi connectivity index (χ1v) is 6.88. The summed E-state index contributed by atoms with van der Waals surface area (Å²) in [6.45, 7) is 0. The van der Waals surface area contributed by atoms with E-state index in [1.807, 2.05) is 0 Å². The van der Waals surface area contributed by atoms with Gasteiger partial charge in [-0.05, 0) is 24.3 Å². The molecule has 0 spiro atoms. The molecule has 0 radical (unpaired) electrons. The zero-order valence-corrected chi connectivity index (χ0v) is 11.0. The van der Waals surface area contributed by atoms with Crippen molar-refractivity contribution >= 4 is 21.5 Å². The van der Waals surface area contributed by atoms with E-state index in [2.05, 4.69) is 9.71 Å². The van der Waals surface area contributed by atoms with Crippen molar-refractivity contribution in [3.63, 3.8) is 0 Å². The molecule has 0 saturated carbocycles. The van der Waals surface area contributed by atoms with E-state index in [4.69, 9.17) is 10.5 Å². The second-order valence-electron chi connectivity index (χ2n) is 3.72. The summed E-state index contributed by atoms with van der Waals surface area (Å²) in [5, 5.41) is 0. The molecule has 0 unspecified atom stereocenters. The van der Waals surface area contributed by atoms with E-state index in [1.54, 1.807) is 24.3 Å². The van der Waals surface area contributed by atoms with Crippen LogP contribution in [0, 0.1) is 0 Å². The average molecular weight is 279 g/mol. The molecule has 0 fully saturated rings. The van der Waals surface area contributed by atoms with Crippen LogP contribution in [0.1, 0.15) is 0 Å². The van der Waals surface area contributed by atoms with Gasteiger partial charge in [0.05, 0.1) is 12.8 Å². The Labute approximate surface area is 111 Å². The van der Waals surface area contributed by atoms with Gasteiger partial charge in [0.1, 0.15) is 16.5 Å². The van der Waals surface area contributed by atoms with Gasteiger partial charge in [0.2, 0.25) is 0 Å². The summed E-state index contributed by atoms with van der Waals surface area (Å²) in [6.07, 6.45) is 1.43. The molecule has 0 aliphatic heterocycles. The molecule has 100 valence electrons. The number of sulfonamides is 1. The highest BCUT2D eigenvalue weighted by Gasteiger charge is 2.18. The number of anilines is 2. The van der Waals surface area contributed by atoms with E-state index in [1.165, 1.54) is 25.4 Å². The van der Waals surface area contributed by atoms with Gasteiger partial charge in [0.25, 0.3) is 10.0 Å². The number of rotatable bonds is 4. The molecule has 1 aromatic carbocycles. The molecule has 2 aromatic rings. The lowest BCUT2D eigenvalue weighted by atomic mass is 10.3. The number of nitrogens with two attached hydrogens (primary N) is 1. The van der Waals surface area contributed by atoms with Crippen molar-refractivity contribution in [3.8, 4) is 5.75 Å². The monoisotopic (exact) mass is 279 g/mol. The molecule has 2 rings (SSSR count). The summed E-state index contributed by atoms with van der Waals surface area (Å²) in [7, 11) is -2.26. The Morgan fingerprint density at radius 1 is 1.26 bits per heavy atom. The SMILES string of the molecule is COc1cccc(NS(=O)(=O)c2cccnc2N)c1. The lowest BCUT2D eigenvalue weighted by molar-refractivity contribution is 0.415. The summed E-state index contributed by atoms with van der Waals surface area (Å²) >= 11 is 0. The van der Waals surface area contributed by atoms with Crippen LogP contribution < -0.4 is 15.2 Å². The molecule has 19 heavy (non-hydrogen) atoms. The second kappa shape index (κ2) is 5.15. The van der Waals surface area contributed by atoms with Crippen LogP contribution in [0.3, 0.4) is 0 Å². The van der Waals surface area contributed by atoms with Gasteiger partial charge in [-0.2, -0.15) is 0 Å². The summed E-state index contributed by atoms with van der Waals surface area (Å²) in [5.41, 5.74) is 5.95. The van der Waals surface area contributed by atoms with E-state index in [9.17, 15) is 8.42 Å². The van der Waals surface area contributed by atoms with E-state index >= 15 is 0 Å². The highest BCUT2D eigenvalue weighted by atomic mass is 32.2. The minimum atomic E-state index is -3.76. The van der Waals surface area contributed by atoms with E-state index in [0.29, 0.717) is 11.4 Å². The van der Waals surface area contributed by atoms with Gasteiger partial charge in [-0.15, -0.1) is 0 Å². The predicted octanol–water partition coefficient (Wildman–Crippen LogP) is 1.47. The predicted molar refractivity (Wildman–Crippen MR) is 72.5 cm³/mol. The van der Waals surface area contributed by atoms with E-state index in [0.717, 1.165) is 0 Å². The standard InChI is InChI=1S/C12H13N3O3S/c1-18-10-5-2-4-9(8-10)15-19(16,17)11-6-3-7-14-12(11)13/h2-8,15H,1H3,(H2,13,14). The van der Waals surface area contributed by atoms with Crippen molar-refractivity contribution < 1.29 is 13.2 Å². The summed E-state index contributed by atoms with van der Waals surface area (Å²) in [4.78, 5) is 3.70. The number of ether oxygens (including phenoxy) is 1. The maximum atomic E-state index is 12.2. The number of aromatic nitrogens is 1. The fourth-order valence-corrected chi connectivity index (χ4v) is 2.66. The quantitative estimate of drug-likeness (QED) is 0.883. The minimum Gasteiger partial charge on any atom is -0.497 e. The van der Waals surface area contributed by atoms with Gasteiger partial charge < -0.3 is 10.5 Å². The lowest BCUT2D eigenvalue weighted by Crippen LogP contribution is -2.15. The van der Waals surface area contributed by atoms with Crippen molar-refractivity contribution in [2.45, 2.75) is 4.90 Å². The fraction of sp³-hybridized carbons (Fsp3) is 0.0833. The number of nitrogen functional groups attached to an aromatic ring is 1. The normalized spacial score (nSPS) is 11.0. The average Bonchev–Trinajstić information content (AvgIpc) is 2.38. The molecular formula is C12H13N3O3S. The second-order valence-corrected chi connectivity index (χ2v) is 5.38. The Morgan fingerprint density at radius 2 is 2.05 bits per heavy atom. The molecule has 3 N–H and O–H groups in total. The maximum absolute atomic E-state index is 12.2. The van der Waals surface area contributed by atoms with Crippen LogP contribution in [0.15, 0.2) is 47.5 Å². The first kappa shape index (κ1) is 13.2.